The van der Waals surface area contributed by atoms with Gasteiger partial charge in [-0.2, -0.15) is 0 Å². The van der Waals surface area contributed by atoms with Crippen molar-refractivity contribution < 1.29 is 0 Å². The molecule has 0 heterocycles. The number of nitrogens with one attached hydrogen (secondary N) is 2. The first-order chi connectivity index (χ1) is 24.4. The number of hydrogen-bond acceptors (Lipinski definition) is 2. The van der Waals surface area contributed by atoms with Crippen molar-refractivity contribution >= 4 is 0 Å². The fourth-order valence-corrected chi connectivity index (χ4v) is 10.9. The van der Waals surface area contributed by atoms with Gasteiger partial charge in [-0.25, -0.2) is 0 Å². The second-order valence-electron chi connectivity index (χ2n) is 19.0. The molecule has 5 atom stereocenters. The van der Waals surface area contributed by atoms with Gasteiger partial charge in [0.2, 0.25) is 0 Å². The summed E-state index contributed by atoms with van der Waals surface area (Å²) in [5.41, 5.74) is 20.2. The third-order valence-electron chi connectivity index (χ3n) is 13.8. The summed E-state index contributed by atoms with van der Waals surface area (Å²) >= 11 is 0. The van der Waals surface area contributed by atoms with Gasteiger partial charge in [0.1, 0.15) is 0 Å². The Balaban J connectivity index is 1.24. The monoisotopic (exact) mass is 681 g/mol. The fraction of sp³-hybridized carbons (Fsp3) is 0.551. The second-order valence-corrected chi connectivity index (χ2v) is 19.0. The summed E-state index contributed by atoms with van der Waals surface area (Å²) in [6, 6.07) is 0.308. The Morgan fingerprint density at radius 3 is 2.20 bits per heavy atom. The Bertz CT molecular complexity index is 1820. The predicted molar refractivity (Wildman–Crippen MR) is 216 cm³/mol. The molecule has 51 heavy (non-hydrogen) atoms. The lowest BCUT2D eigenvalue weighted by atomic mass is 9.67. The van der Waals surface area contributed by atoms with Crippen LogP contribution in [0.1, 0.15) is 132 Å². The average molecular weight is 681 g/mol. The molecule has 2 fully saturated rings. The van der Waals surface area contributed by atoms with E-state index in [2.05, 4.69) is 108 Å². The van der Waals surface area contributed by atoms with Crippen LogP contribution in [0.25, 0.3) is 0 Å². The van der Waals surface area contributed by atoms with Crippen molar-refractivity contribution in [3.05, 3.63) is 128 Å². The van der Waals surface area contributed by atoms with Crippen LogP contribution in [0.5, 0.6) is 0 Å². The number of rotatable bonds is 6. The van der Waals surface area contributed by atoms with Crippen molar-refractivity contribution in [2.75, 3.05) is 0 Å². The fourth-order valence-electron chi connectivity index (χ4n) is 10.9. The van der Waals surface area contributed by atoms with E-state index in [1.165, 1.54) is 78.8 Å². The lowest BCUT2D eigenvalue weighted by Crippen LogP contribution is -2.44. The maximum Gasteiger partial charge on any atom is 0.0550 e. The summed E-state index contributed by atoms with van der Waals surface area (Å²) in [5, 5.41) is 8.40. The predicted octanol–water partition coefficient (Wildman–Crippen LogP) is 12.7. The smallest absolute Gasteiger partial charge is 0.0550 e. The highest BCUT2D eigenvalue weighted by Crippen LogP contribution is 2.59. The van der Waals surface area contributed by atoms with E-state index in [0.29, 0.717) is 23.8 Å². The second kappa shape index (κ2) is 13.3. The largest absolute Gasteiger partial charge is 0.381 e. The first-order valence-electron chi connectivity index (χ1n) is 20.8. The molecule has 8 aliphatic carbocycles. The molecule has 270 valence electrons. The molecule has 0 aromatic rings. The highest BCUT2D eigenvalue weighted by molar-refractivity contribution is 5.74. The SMILES string of the molecule is C=C1C2=C(CCC)C3CCCCC3C=C2C2=CC3=C(CC12)C(NC1=CC=C(C(C)(C)C)CC1)C1CCC=CC1=C3NC1=CC=C(C(C)(C)C)CC1. The molecule has 2 heteroatoms. The minimum absolute atomic E-state index is 0.220. The topological polar surface area (TPSA) is 24.1 Å². The highest BCUT2D eigenvalue weighted by atomic mass is 15.0. The lowest BCUT2D eigenvalue weighted by Gasteiger charge is -2.43. The van der Waals surface area contributed by atoms with Crippen LogP contribution in [0.4, 0.5) is 0 Å². The minimum atomic E-state index is 0.220. The molecule has 2 saturated carbocycles. The summed E-state index contributed by atoms with van der Waals surface area (Å²) < 4.78 is 0. The van der Waals surface area contributed by atoms with Crippen molar-refractivity contribution in [2.24, 2.45) is 34.5 Å². The van der Waals surface area contributed by atoms with Gasteiger partial charge in [-0.05, 0) is 144 Å². The van der Waals surface area contributed by atoms with Crippen molar-refractivity contribution in [1.82, 2.24) is 10.6 Å². The van der Waals surface area contributed by atoms with E-state index < -0.39 is 0 Å². The summed E-state index contributed by atoms with van der Waals surface area (Å²) in [7, 11) is 0. The Labute approximate surface area is 310 Å². The van der Waals surface area contributed by atoms with Crippen LogP contribution in [0.2, 0.25) is 0 Å². The molecule has 8 aliphatic rings. The van der Waals surface area contributed by atoms with Gasteiger partial charge in [0, 0.05) is 28.9 Å². The Kier molecular flexibility index (Phi) is 9.08. The van der Waals surface area contributed by atoms with E-state index in [1.807, 2.05) is 0 Å². The maximum atomic E-state index is 4.97. The van der Waals surface area contributed by atoms with Gasteiger partial charge in [-0.15, -0.1) is 0 Å². The van der Waals surface area contributed by atoms with E-state index in [0.717, 1.165) is 44.4 Å². The third-order valence-corrected chi connectivity index (χ3v) is 13.8. The van der Waals surface area contributed by atoms with Crippen molar-refractivity contribution in [3.63, 3.8) is 0 Å². The van der Waals surface area contributed by atoms with Crippen LogP contribution in [0.15, 0.2) is 128 Å². The molecular weight excluding hydrogens is 617 g/mol. The molecule has 0 aromatic heterocycles. The molecule has 0 saturated heterocycles. The zero-order chi connectivity index (χ0) is 35.7. The molecule has 8 rings (SSSR count). The Morgan fingerprint density at radius 1 is 0.824 bits per heavy atom. The summed E-state index contributed by atoms with van der Waals surface area (Å²) in [6.07, 6.45) is 35.7. The third kappa shape index (κ3) is 6.31. The minimum Gasteiger partial charge on any atom is -0.381 e. The van der Waals surface area contributed by atoms with Crippen molar-refractivity contribution in [2.45, 2.75) is 138 Å². The van der Waals surface area contributed by atoms with Crippen LogP contribution < -0.4 is 10.6 Å². The van der Waals surface area contributed by atoms with E-state index in [9.17, 15) is 0 Å². The number of fused-ring (bicyclic) bond motifs is 5. The first-order valence-corrected chi connectivity index (χ1v) is 20.8. The molecule has 0 spiro atoms. The molecule has 0 aliphatic heterocycles. The van der Waals surface area contributed by atoms with Gasteiger partial charge in [0.05, 0.1) is 6.04 Å². The summed E-state index contributed by atoms with van der Waals surface area (Å²) in [5.74, 6) is 2.28. The summed E-state index contributed by atoms with van der Waals surface area (Å²) in [6.45, 7) is 21.5. The zero-order valence-electron chi connectivity index (χ0n) is 32.9. The van der Waals surface area contributed by atoms with E-state index >= 15 is 0 Å². The van der Waals surface area contributed by atoms with Crippen LogP contribution >= 0.6 is 0 Å². The molecule has 5 unspecified atom stereocenters. The molecule has 0 aromatic carbocycles. The van der Waals surface area contributed by atoms with E-state index in [4.69, 9.17) is 6.58 Å². The molecule has 0 bridgehead atoms. The number of hydrogen-bond donors (Lipinski definition) is 2. The molecule has 2 nitrogen and oxygen atoms in total. The highest BCUT2D eigenvalue weighted by Gasteiger charge is 2.47. The van der Waals surface area contributed by atoms with E-state index in [-0.39, 0.29) is 10.8 Å². The molecule has 0 radical (unpaired) electrons. The van der Waals surface area contributed by atoms with Gasteiger partial charge in [0.15, 0.2) is 0 Å². The van der Waals surface area contributed by atoms with E-state index in [1.54, 1.807) is 39.0 Å². The lowest BCUT2D eigenvalue weighted by molar-refractivity contribution is 0.310. The van der Waals surface area contributed by atoms with Crippen molar-refractivity contribution in [3.8, 4) is 0 Å². The molecule has 0 amide bonds. The Hall–Kier alpha value is -3.26. The quantitative estimate of drug-likeness (QED) is 0.292. The number of allylic oxidation sites excluding steroid dienone is 17. The first kappa shape index (κ1) is 34.8. The summed E-state index contributed by atoms with van der Waals surface area (Å²) in [4.78, 5) is 0. The molecular formula is C49H64N2. The van der Waals surface area contributed by atoms with Gasteiger partial charge < -0.3 is 10.6 Å². The van der Waals surface area contributed by atoms with Gasteiger partial charge in [0.25, 0.3) is 0 Å². The molecule has 2 N–H and O–H groups in total. The van der Waals surface area contributed by atoms with Crippen LogP contribution in [0, 0.1) is 34.5 Å². The van der Waals surface area contributed by atoms with Crippen LogP contribution in [-0.2, 0) is 0 Å². The zero-order valence-corrected chi connectivity index (χ0v) is 32.9. The van der Waals surface area contributed by atoms with Crippen LogP contribution in [0.3, 0.4) is 0 Å². The van der Waals surface area contributed by atoms with Gasteiger partial charge in [-0.3, -0.25) is 0 Å². The average Bonchev–Trinajstić information content (AvgIpc) is 3.38. The van der Waals surface area contributed by atoms with Crippen LogP contribution in [-0.4, -0.2) is 6.04 Å². The standard InChI is InChI=1S/C49H64N2/c1-9-14-37-36-16-11-10-15-31(36)27-42-41-29-44-43(28-40(41)30(2)45(37)42)46(50-34-23-19-32(20-24-34)48(3,4)5)38-17-12-13-18-39(38)47(44)51-35-25-21-33(22-26-35)49(6,7)8/h13,18-19,21,23,25,27,29,31,36,38,40,46,50-51H,2,9-12,14-17,20,22,24,26,28H2,1,3-8H3. The van der Waals surface area contributed by atoms with Gasteiger partial charge in [-0.1, -0.05) is 121 Å². The Morgan fingerprint density at radius 2 is 1.53 bits per heavy atom. The van der Waals surface area contributed by atoms with Crippen molar-refractivity contribution in [1.29, 1.82) is 0 Å². The van der Waals surface area contributed by atoms with Gasteiger partial charge >= 0.3 is 0 Å². The normalized spacial score (nSPS) is 30.6. The maximum absolute atomic E-state index is 4.97.